The number of carbonyl (C=O) groups excluding carboxylic acids is 1. The van der Waals surface area contributed by atoms with E-state index in [1.54, 1.807) is 0 Å². The summed E-state index contributed by atoms with van der Waals surface area (Å²) in [7, 11) is 0. The number of fused-ring (bicyclic) bond motifs is 1. The highest BCUT2D eigenvalue weighted by molar-refractivity contribution is 5.88. The van der Waals surface area contributed by atoms with Crippen LogP contribution >= 0.6 is 0 Å². The molecular weight excluding hydrogens is 270 g/mol. The lowest BCUT2D eigenvalue weighted by Crippen LogP contribution is -2.55. The lowest BCUT2D eigenvalue weighted by atomic mass is 10.1. The summed E-state index contributed by atoms with van der Waals surface area (Å²) in [5.41, 5.74) is 7.56. The van der Waals surface area contributed by atoms with Gasteiger partial charge in [0.05, 0.1) is 11.4 Å². The molecule has 2 rings (SSSR count). The Hall–Kier alpha value is -1.79. The molecule has 6 heteroatoms. The molecule has 0 bridgehead atoms. The van der Waals surface area contributed by atoms with Gasteiger partial charge in [0.1, 0.15) is 6.04 Å². The van der Waals surface area contributed by atoms with Crippen molar-refractivity contribution in [3.05, 3.63) is 24.3 Å². The van der Waals surface area contributed by atoms with Gasteiger partial charge in [-0.3, -0.25) is 4.79 Å². The summed E-state index contributed by atoms with van der Waals surface area (Å²) in [4.78, 5) is 15.9. The van der Waals surface area contributed by atoms with E-state index in [2.05, 4.69) is 4.90 Å². The summed E-state index contributed by atoms with van der Waals surface area (Å²) in [5, 5.41) is 18.1. The molecule has 1 amide bonds. The first kappa shape index (κ1) is 15.6. The molecule has 21 heavy (non-hydrogen) atoms. The van der Waals surface area contributed by atoms with Crippen LogP contribution in [0.5, 0.6) is 0 Å². The highest BCUT2D eigenvalue weighted by Gasteiger charge is 2.33. The minimum absolute atomic E-state index is 0.0817. The van der Waals surface area contributed by atoms with Gasteiger partial charge in [-0.2, -0.15) is 0 Å². The molecule has 0 spiro atoms. The fraction of sp³-hybridized carbons (Fsp3) is 0.533. The number of carbonyl (C=O) groups is 1. The van der Waals surface area contributed by atoms with Crippen LogP contribution in [0.2, 0.25) is 0 Å². The SMILES string of the molecule is NC(=O)C1CN(CCCO)c2ccccc2N1CCCO. The minimum Gasteiger partial charge on any atom is -0.396 e. The average Bonchev–Trinajstić information content (AvgIpc) is 2.50. The first-order chi connectivity index (χ1) is 10.2. The average molecular weight is 293 g/mol. The predicted molar refractivity (Wildman–Crippen MR) is 82.4 cm³/mol. The van der Waals surface area contributed by atoms with Crippen LogP contribution in [0, 0.1) is 0 Å². The number of nitrogens with two attached hydrogens (primary N) is 1. The first-order valence-corrected chi connectivity index (χ1v) is 7.30. The summed E-state index contributed by atoms with van der Waals surface area (Å²) in [6.45, 7) is 1.99. The van der Waals surface area contributed by atoms with Gasteiger partial charge in [0, 0.05) is 32.8 Å². The molecule has 0 aromatic heterocycles. The van der Waals surface area contributed by atoms with Crippen molar-refractivity contribution in [2.75, 3.05) is 42.6 Å². The second kappa shape index (κ2) is 7.28. The van der Waals surface area contributed by atoms with E-state index in [1.165, 1.54) is 0 Å². The largest absolute Gasteiger partial charge is 0.396 e. The fourth-order valence-electron chi connectivity index (χ4n) is 2.78. The van der Waals surface area contributed by atoms with E-state index in [4.69, 9.17) is 15.9 Å². The van der Waals surface area contributed by atoms with E-state index in [-0.39, 0.29) is 19.1 Å². The number of para-hydroxylation sites is 2. The van der Waals surface area contributed by atoms with Crippen molar-refractivity contribution in [3.63, 3.8) is 0 Å². The van der Waals surface area contributed by atoms with Gasteiger partial charge in [-0.05, 0) is 25.0 Å². The minimum atomic E-state index is -0.412. The van der Waals surface area contributed by atoms with Crippen LogP contribution in [-0.4, -0.2) is 55.0 Å². The Morgan fingerprint density at radius 2 is 1.76 bits per heavy atom. The molecule has 1 heterocycles. The van der Waals surface area contributed by atoms with Gasteiger partial charge in [0.25, 0.3) is 0 Å². The predicted octanol–water partition coefficient (Wildman–Crippen LogP) is -0.0683. The van der Waals surface area contributed by atoms with E-state index in [1.807, 2.05) is 29.2 Å². The monoisotopic (exact) mass is 293 g/mol. The standard InChI is InChI=1S/C15H23N3O3/c16-15(21)14-11-17(7-3-9-19)12-5-1-2-6-13(12)18(14)8-4-10-20/h1-2,5-6,14,19-20H,3-4,7-11H2,(H2,16,21). The number of aliphatic hydroxyl groups is 2. The number of aliphatic hydroxyl groups excluding tert-OH is 2. The summed E-state index contributed by atoms with van der Waals surface area (Å²) >= 11 is 0. The molecule has 0 saturated heterocycles. The first-order valence-electron chi connectivity index (χ1n) is 7.30. The molecule has 1 aliphatic heterocycles. The fourth-order valence-corrected chi connectivity index (χ4v) is 2.78. The smallest absolute Gasteiger partial charge is 0.241 e. The van der Waals surface area contributed by atoms with Crippen molar-refractivity contribution in [3.8, 4) is 0 Å². The van der Waals surface area contributed by atoms with Crippen molar-refractivity contribution in [1.29, 1.82) is 0 Å². The highest BCUT2D eigenvalue weighted by atomic mass is 16.3. The molecule has 1 aromatic rings. The van der Waals surface area contributed by atoms with Crippen molar-refractivity contribution in [2.45, 2.75) is 18.9 Å². The zero-order valence-electron chi connectivity index (χ0n) is 12.1. The molecule has 0 aliphatic carbocycles. The molecular formula is C15H23N3O3. The molecule has 4 N–H and O–H groups in total. The Kier molecular flexibility index (Phi) is 5.41. The maximum Gasteiger partial charge on any atom is 0.241 e. The topological polar surface area (TPSA) is 90.0 Å². The van der Waals surface area contributed by atoms with Crippen molar-refractivity contribution < 1.29 is 15.0 Å². The van der Waals surface area contributed by atoms with Crippen LogP contribution in [0.25, 0.3) is 0 Å². The van der Waals surface area contributed by atoms with Gasteiger partial charge in [-0.25, -0.2) is 0 Å². The maximum absolute atomic E-state index is 11.8. The third-order valence-electron chi connectivity index (χ3n) is 3.77. The Morgan fingerprint density at radius 1 is 1.14 bits per heavy atom. The number of hydrogen-bond acceptors (Lipinski definition) is 5. The van der Waals surface area contributed by atoms with Crippen molar-refractivity contribution in [2.24, 2.45) is 5.73 Å². The third kappa shape index (κ3) is 3.46. The zero-order valence-corrected chi connectivity index (χ0v) is 12.1. The Bertz CT molecular complexity index is 481. The van der Waals surface area contributed by atoms with Crippen molar-refractivity contribution in [1.82, 2.24) is 0 Å². The molecule has 6 nitrogen and oxygen atoms in total. The van der Waals surface area contributed by atoms with Crippen LogP contribution in [0.3, 0.4) is 0 Å². The number of amides is 1. The van der Waals surface area contributed by atoms with Gasteiger partial charge in [0.15, 0.2) is 0 Å². The Morgan fingerprint density at radius 3 is 2.38 bits per heavy atom. The van der Waals surface area contributed by atoms with Crippen LogP contribution in [0.4, 0.5) is 11.4 Å². The van der Waals surface area contributed by atoms with Crippen LogP contribution in [-0.2, 0) is 4.79 Å². The van der Waals surface area contributed by atoms with Gasteiger partial charge >= 0.3 is 0 Å². The van der Waals surface area contributed by atoms with Crippen LogP contribution < -0.4 is 15.5 Å². The van der Waals surface area contributed by atoms with Crippen molar-refractivity contribution >= 4 is 17.3 Å². The Balaban J connectivity index is 2.32. The molecule has 1 unspecified atom stereocenters. The molecule has 116 valence electrons. The summed E-state index contributed by atoms with van der Waals surface area (Å²) in [6, 6.07) is 7.45. The van der Waals surface area contributed by atoms with Gasteiger partial charge in [0.2, 0.25) is 5.91 Å². The van der Waals surface area contributed by atoms with E-state index < -0.39 is 6.04 Å². The number of anilines is 2. The number of benzene rings is 1. The molecule has 0 radical (unpaired) electrons. The van der Waals surface area contributed by atoms with Gasteiger partial charge in [-0.15, -0.1) is 0 Å². The maximum atomic E-state index is 11.8. The number of nitrogens with zero attached hydrogens (tertiary/aromatic N) is 2. The van der Waals surface area contributed by atoms with E-state index in [0.29, 0.717) is 32.5 Å². The molecule has 0 fully saturated rings. The molecule has 0 saturated carbocycles. The zero-order chi connectivity index (χ0) is 15.2. The third-order valence-corrected chi connectivity index (χ3v) is 3.77. The van der Waals surface area contributed by atoms with E-state index in [0.717, 1.165) is 11.4 Å². The van der Waals surface area contributed by atoms with Crippen LogP contribution in [0.1, 0.15) is 12.8 Å². The molecule has 1 aromatic carbocycles. The van der Waals surface area contributed by atoms with Crippen LogP contribution in [0.15, 0.2) is 24.3 Å². The quantitative estimate of drug-likeness (QED) is 0.655. The van der Waals surface area contributed by atoms with E-state index >= 15 is 0 Å². The van der Waals surface area contributed by atoms with Gasteiger partial charge in [-0.1, -0.05) is 12.1 Å². The summed E-state index contributed by atoms with van der Waals surface area (Å²) in [5.74, 6) is -0.364. The number of rotatable bonds is 7. The highest BCUT2D eigenvalue weighted by Crippen LogP contribution is 2.35. The number of primary amides is 1. The summed E-state index contributed by atoms with van der Waals surface area (Å²) < 4.78 is 0. The Labute approximate surface area is 124 Å². The lowest BCUT2D eigenvalue weighted by Gasteiger charge is -2.43. The summed E-state index contributed by atoms with van der Waals surface area (Å²) in [6.07, 6.45) is 1.24. The second-order valence-corrected chi connectivity index (χ2v) is 5.20. The second-order valence-electron chi connectivity index (χ2n) is 5.20. The van der Waals surface area contributed by atoms with Gasteiger partial charge < -0.3 is 25.7 Å². The normalized spacial score (nSPS) is 17.7. The molecule has 1 aliphatic rings. The molecule has 1 atom stereocenters. The lowest BCUT2D eigenvalue weighted by molar-refractivity contribution is -0.119. The number of hydrogen-bond donors (Lipinski definition) is 3. The van der Waals surface area contributed by atoms with E-state index in [9.17, 15) is 4.79 Å².